The van der Waals surface area contributed by atoms with Gasteiger partial charge in [0.15, 0.2) is 0 Å². The van der Waals surface area contributed by atoms with Crippen LogP contribution in [0.15, 0.2) is 61.1 Å². The van der Waals surface area contributed by atoms with Crippen LogP contribution in [0, 0.1) is 5.82 Å². The molecule has 3 aromatic rings. The first-order valence-corrected chi connectivity index (χ1v) is 8.14. The molecule has 0 aliphatic rings. The van der Waals surface area contributed by atoms with Crippen LogP contribution in [0.4, 0.5) is 10.2 Å². The smallest absolute Gasteiger partial charge is 0.126 e. The zero-order chi connectivity index (χ0) is 17.8. The molecule has 25 heavy (non-hydrogen) atoms. The van der Waals surface area contributed by atoms with Gasteiger partial charge in [-0.05, 0) is 55.3 Å². The molecule has 4 nitrogen and oxygen atoms in total. The van der Waals surface area contributed by atoms with E-state index in [4.69, 9.17) is 0 Å². The molecule has 2 unspecified atom stereocenters. The molecule has 128 valence electrons. The predicted octanol–water partition coefficient (Wildman–Crippen LogP) is 4.51. The lowest BCUT2D eigenvalue weighted by Gasteiger charge is -2.15. The first-order chi connectivity index (χ1) is 12.0. The molecular formula is C20H20FN3O. The van der Waals surface area contributed by atoms with Gasteiger partial charge in [0.2, 0.25) is 0 Å². The molecule has 0 amide bonds. The number of nitrogens with zero attached hydrogens (tertiary/aromatic N) is 2. The number of aliphatic hydroxyl groups excluding tert-OH is 1. The Labute approximate surface area is 146 Å². The summed E-state index contributed by atoms with van der Waals surface area (Å²) in [7, 11) is 0. The molecule has 0 aliphatic heterocycles. The zero-order valence-corrected chi connectivity index (χ0v) is 14.1. The Hall–Kier alpha value is -2.79. The second-order valence-corrected chi connectivity index (χ2v) is 6.03. The molecule has 0 aliphatic carbocycles. The molecule has 0 fully saturated rings. The van der Waals surface area contributed by atoms with Crippen molar-refractivity contribution >= 4 is 5.82 Å². The number of hydrogen-bond acceptors (Lipinski definition) is 4. The van der Waals surface area contributed by atoms with Crippen LogP contribution in [0.3, 0.4) is 0 Å². The summed E-state index contributed by atoms with van der Waals surface area (Å²) < 4.78 is 13.0. The second-order valence-electron chi connectivity index (χ2n) is 6.03. The van der Waals surface area contributed by atoms with E-state index in [1.54, 1.807) is 37.6 Å². The standard InChI is InChI=1S/C20H20FN3O/c1-13(15-3-6-19(21)7-4-15)24-20-8-5-16(12-23-20)18-9-17(14(2)25)10-22-11-18/h3-14,25H,1-2H3,(H,23,24). The maximum atomic E-state index is 13.0. The van der Waals surface area contributed by atoms with E-state index in [-0.39, 0.29) is 11.9 Å². The van der Waals surface area contributed by atoms with Crippen LogP contribution in [0.25, 0.3) is 11.1 Å². The van der Waals surface area contributed by atoms with Gasteiger partial charge in [0, 0.05) is 35.8 Å². The normalized spacial score (nSPS) is 13.3. The number of aromatic nitrogens is 2. The third-order valence-electron chi connectivity index (χ3n) is 4.07. The molecule has 3 rings (SSSR count). The van der Waals surface area contributed by atoms with Crippen molar-refractivity contribution in [2.24, 2.45) is 0 Å². The lowest BCUT2D eigenvalue weighted by atomic mass is 10.1. The fraction of sp³-hybridized carbons (Fsp3) is 0.200. The van der Waals surface area contributed by atoms with Gasteiger partial charge in [-0.15, -0.1) is 0 Å². The van der Waals surface area contributed by atoms with Crippen LogP contribution in [-0.4, -0.2) is 15.1 Å². The summed E-state index contributed by atoms with van der Waals surface area (Å²) in [5.41, 5.74) is 3.59. The number of benzene rings is 1. The topological polar surface area (TPSA) is 58.0 Å². The van der Waals surface area contributed by atoms with Crippen molar-refractivity contribution in [2.75, 3.05) is 5.32 Å². The average molecular weight is 337 g/mol. The van der Waals surface area contributed by atoms with E-state index in [0.717, 1.165) is 28.1 Å². The maximum Gasteiger partial charge on any atom is 0.126 e. The lowest BCUT2D eigenvalue weighted by Crippen LogP contribution is -2.07. The molecule has 2 aromatic heterocycles. The van der Waals surface area contributed by atoms with Gasteiger partial charge in [-0.2, -0.15) is 0 Å². The van der Waals surface area contributed by atoms with Crippen LogP contribution in [0.5, 0.6) is 0 Å². The molecule has 0 radical (unpaired) electrons. The van der Waals surface area contributed by atoms with Crippen molar-refractivity contribution in [3.8, 4) is 11.1 Å². The summed E-state index contributed by atoms with van der Waals surface area (Å²) in [6, 6.07) is 12.2. The number of anilines is 1. The van der Waals surface area contributed by atoms with Crippen LogP contribution >= 0.6 is 0 Å². The van der Waals surface area contributed by atoms with Crippen molar-refractivity contribution < 1.29 is 9.50 Å². The molecular weight excluding hydrogens is 317 g/mol. The number of hydrogen-bond donors (Lipinski definition) is 2. The van der Waals surface area contributed by atoms with E-state index >= 15 is 0 Å². The molecule has 0 bridgehead atoms. The molecule has 0 saturated carbocycles. The first kappa shape index (κ1) is 17.0. The number of nitrogens with one attached hydrogen (secondary N) is 1. The van der Waals surface area contributed by atoms with Crippen molar-refractivity contribution in [2.45, 2.75) is 26.0 Å². The SMILES string of the molecule is CC(O)c1cncc(-c2ccc(NC(C)c3ccc(F)cc3)nc2)c1. The highest BCUT2D eigenvalue weighted by Crippen LogP contribution is 2.24. The fourth-order valence-electron chi connectivity index (χ4n) is 2.55. The van der Waals surface area contributed by atoms with Gasteiger partial charge in [0.05, 0.1) is 6.10 Å². The van der Waals surface area contributed by atoms with Gasteiger partial charge in [0.25, 0.3) is 0 Å². The molecule has 2 heterocycles. The Bertz CT molecular complexity index is 832. The van der Waals surface area contributed by atoms with Gasteiger partial charge in [-0.25, -0.2) is 9.37 Å². The number of aliphatic hydroxyl groups is 1. The van der Waals surface area contributed by atoms with Crippen LogP contribution in [0.2, 0.25) is 0 Å². The minimum Gasteiger partial charge on any atom is -0.389 e. The lowest BCUT2D eigenvalue weighted by molar-refractivity contribution is 0.199. The van der Waals surface area contributed by atoms with Gasteiger partial charge < -0.3 is 10.4 Å². The van der Waals surface area contributed by atoms with Crippen molar-refractivity contribution in [1.29, 1.82) is 0 Å². The quantitative estimate of drug-likeness (QED) is 0.719. The van der Waals surface area contributed by atoms with E-state index in [0.29, 0.717) is 0 Å². The summed E-state index contributed by atoms with van der Waals surface area (Å²) in [5.74, 6) is 0.492. The first-order valence-electron chi connectivity index (χ1n) is 8.14. The highest BCUT2D eigenvalue weighted by molar-refractivity contribution is 5.63. The third kappa shape index (κ3) is 4.19. The van der Waals surface area contributed by atoms with E-state index in [1.165, 1.54) is 12.1 Å². The molecule has 1 aromatic carbocycles. The minimum atomic E-state index is -0.557. The van der Waals surface area contributed by atoms with Gasteiger partial charge in [-0.1, -0.05) is 12.1 Å². The Balaban J connectivity index is 1.74. The third-order valence-corrected chi connectivity index (χ3v) is 4.07. The highest BCUT2D eigenvalue weighted by atomic mass is 19.1. The van der Waals surface area contributed by atoms with Crippen molar-refractivity contribution in [1.82, 2.24) is 9.97 Å². The second kappa shape index (κ2) is 7.40. The average Bonchev–Trinajstić information content (AvgIpc) is 2.63. The van der Waals surface area contributed by atoms with E-state index in [9.17, 15) is 9.50 Å². The minimum absolute atomic E-state index is 0.0131. The molecule has 2 N–H and O–H groups in total. The Morgan fingerprint density at radius 1 is 0.920 bits per heavy atom. The molecule has 0 saturated heterocycles. The molecule has 2 atom stereocenters. The van der Waals surface area contributed by atoms with Crippen LogP contribution < -0.4 is 5.32 Å². The number of halogens is 1. The summed E-state index contributed by atoms with van der Waals surface area (Å²) in [6.45, 7) is 3.71. The summed E-state index contributed by atoms with van der Waals surface area (Å²) in [4.78, 5) is 8.60. The van der Waals surface area contributed by atoms with Gasteiger partial charge >= 0.3 is 0 Å². The summed E-state index contributed by atoms with van der Waals surface area (Å²) >= 11 is 0. The van der Waals surface area contributed by atoms with Crippen molar-refractivity contribution in [3.05, 3.63) is 78.0 Å². The number of rotatable bonds is 5. The van der Waals surface area contributed by atoms with Crippen LogP contribution in [-0.2, 0) is 0 Å². The number of pyridine rings is 2. The van der Waals surface area contributed by atoms with Crippen LogP contribution in [0.1, 0.15) is 37.1 Å². The Morgan fingerprint density at radius 3 is 2.32 bits per heavy atom. The largest absolute Gasteiger partial charge is 0.389 e. The molecule has 0 spiro atoms. The fourth-order valence-corrected chi connectivity index (χ4v) is 2.55. The monoisotopic (exact) mass is 337 g/mol. The van der Waals surface area contributed by atoms with E-state index in [2.05, 4.69) is 15.3 Å². The predicted molar refractivity (Wildman–Crippen MR) is 96.5 cm³/mol. The molecule has 5 heteroatoms. The Morgan fingerprint density at radius 2 is 1.68 bits per heavy atom. The highest BCUT2D eigenvalue weighted by Gasteiger charge is 2.08. The van der Waals surface area contributed by atoms with E-state index < -0.39 is 6.10 Å². The maximum absolute atomic E-state index is 13.0. The van der Waals surface area contributed by atoms with Gasteiger partial charge in [0.1, 0.15) is 11.6 Å². The van der Waals surface area contributed by atoms with Crippen molar-refractivity contribution in [3.63, 3.8) is 0 Å². The van der Waals surface area contributed by atoms with Gasteiger partial charge in [-0.3, -0.25) is 4.98 Å². The Kier molecular flexibility index (Phi) is 5.05. The summed E-state index contributed by atoms with van der Waals surface area (Å²) in [6.07, 6.45) is 4.61. The zero-order valence-electron chi connectivity index (χ0n) is 14.1. The summed E-state index contributed by atoms with van der Waals surface area (Å²) in [5, 5.41) is 13.0. The van der Waals surface area contributed by atoms with E-state index in [1.807, 2.05) is 25.1 Å².